The average molecular weight is 831 g/mol. The van der Waals surface area contributed by atoms with Gasteiger partial charge in [0.1, 0.15) is 33.6 Å². The van der Waals surface area contributed by atoms with Crippen molar-refractivity contribution in [1.29, 1.82) is 0 Å². The van der Waals surface area contributed by atoms with Crippen LogP contribution >= 0.6 is 0 Å². The fourth-order valence-electron chi connectivity index (χ4n) is 9.25. The van der Waals surface area contributed by atoms with Gasteiger partial charge in [0.05, 0.1) is 23.0 Å². The molecule has 4 aliphatic carbocycles. The van der Waals surface area contributed by atoms with Gasteiger partial charge in [0.25, 0.3) is 20.2 Å². The molecule has 4 saturated carbocycles. The van der Waals surface area contributed by atoms with Crippen molar-refractivity contribution in [3.8, 4) is 0 Å². The summed E-state index contributed by atoms with van der Waals surface area (Å²) in [4.78, 5) is 52.2. The first-order valence-corrected chi connectivity index (χ1v) is 22.3. The minimum Gasteiger partial charge on any atom is -0.459 e. The Hall–Kier alpha value is -3.46. The van der Waals surface area contributed by atoms with E-state index in [1.54, 1.807) is 45.0 Å². The third-order valence-electron chi connectivity index (χ3n) is 12.8. The van der Waals surface area contributed by atoms with Crippen LogP contribution in [0.1, 0.15) is 112 Å². The Morgan fingerprint density at radius 3 is 1.49 bits per heavy atom. The number of benzene rings is 2. The van der Waals surface area contributed by atoms with Crippen molar-refractivity contribution in [3.63, 3.8) is 0 Å². The monoisotopic (exact) mass is 830 g/mol. The van der Waals surface area contributed by atoms with E-state index < -0.39 is 84.4 Å². The van der Waals surface area contributed by atoms with Crippen LogP contribution < -0.4 is 0 Å². The van der Waals surface area contributed by atoms with Crippen molar-refractivity contribution in [2.24, 2.45) is 33.5 Å². The zero-order valence-electron chi connectivity index (χ0n) is 34.9. The first-order chi connectivity index (χ1) is 26.1. The molecule has 6 rings (SSSR count). The quantitative estimate of drug-likeness (QED) is 0.0957. The van der Waals surface area contributed by atoms with E-state index in [9.17, 15) is 36.0 Å². The lowest BCUT2D eigenvalue weighted by molar-refractivity contribution is -0.220. The van der Waals surface area contributed by atoms with Crippen LogP contribution in [-0.2, 0) is 63.7 Å². The van der Waals surface area contributed by atoms with Crippen LogP contribution in [0.25, 0.3) is 0 Å². The number of rotatable bonds is 16. The second kappa shape index (κ2) is 15.3. The molecule has 4 unspecified atom stereocenters. The number of esters is 2. The van der Waals surface area contributed by atoms with Gasteiger partial charge in [-0.2, -0.15) is 16.8 Å². The molecule has 4 fully saturated rings. The smallest absolute Gasteiger partial charge is 0.322 e. The number of carbonyl (C=O) groups excluding carboxylic acids is 4. The number of ketones is 2. The fraction of sp³-hybridized carbons (Fsp3) is 0.628. The van der Waals surface area contributed by atoms with Crippen molar-refractivity contribution < 1.29 is 53.9 Å². The largest absolute Gasteiger partial charge is 0.459 e. The first-order valence-electron chi connectivity index (χ1n) is 19.5. The van der Waals surface area contributed by atoms with Crippen molar-refractivity contribution in [2.75, 3.05) is 13.2 Å². The molecule has 0 saturated heterocycles. The van der Waals surface area contributed by atoms with Crippen LogP contribution in [0.4, 0.5) is 0 Å². The third kappa shape index (κ3) is 9.24. The molecule has 14 heteroatoms. The Balaban J connectivity index is 1.30. The van der Waals surface area contributed by atoms with E-state index in [-0.39, 0.29) is 15.2 Å². The van der Waals surface area contributed by atoms with Crippen LogP contribution in [0.3, 0.4) is 0 Å². The topological polar surface area (TPSA) is 173 Å². The van der Waals surface area contributed by atoms with Crippen molar-refractivity contribution in [1.82, 2.24) is 0 Å². The Kier molecular flexibility index (Phi) is 12.0. The zero-order valence-corrected chi connectivity index (χ0v) is 36.5. The highest BCUT2D eigenvalue weighted by molar-refractivity contribution is 7.87. The number of carbonyl (C=O) groups is 4. The van der Waals surface area contributed by atoms with Gasteiger partial charge < -0.3 is 9.47 Å². The van der Waals surface area contributed by atoms with Gasteiger partial charge in [0.2, 0.25) is 0 Å². The fourth-order valence-corrected chi connectivity index (χ4v) is 11.2. The summed E-state index contributed by atoms with van der Waals surface area (Å²) in [6.45, 7) is 14.2. The van der Waals surface area contributed by atoms with Gasteiger partial charge in [0.15, 0.2) is 0 Å². The summed E-state index contributed by atoms with van der Waals surface area (Å²) in [6.07, 6.45) is 6.13. The maximum atomic E-state index is 14.0. The van der Waals surface area contributed by atoms with Gasteiger partial charge in [-0.3, -0.25) is 27.5 Å². The standard InChI is InChI=1S/C43H58O12S2/c1-28-11-15-34(16-12-28)56(48,49)53-27-41(10,30(3)45)37(47)55-39(7,8)43-23-32-19-33(24-43)22-42(21-32,25-43)20-31-13-17-35(18-14-31)57(50,51)52-26-40(9,29(2)44)36(46)54-38(4,5)6/h11-18,32-33H,19-27H2,1-10H3. The molecule has 0 radical (unpaired) electrons. The van der Waals surface area contributed by atoms with E-state index in [1.165, 1.54) is 52.0 Å². The molecule has 0 heterocycles. The Labute approximate surface area is 338 Å². The Morgan fingerprint density at radius 1 is 0.649 bits per heavy atom. The minimum absolute atomic E-state index is 0.0799. The van der Waals surface area contributed by atoms with E-state index in [0.29, 0.717) is 18.3 Å². The van der Waals surface area contributed by atoms with Crippen molar-refractivity contribution in [2.45, 2.75) is 135 Å². The molecule has 2 aromatic rings. The molecule has 57 heavy (non-hydrogen) atoms. The lowest BCUT2D eigenvalue weighted by Gasteiger charge is -2.66. The van der Waals surface area contributed by atoms with E-state index in [0.717, 1.165) is 49.7 Å². The molecule has 4 atom stereocenters. The highest BCUT2D eigenvalue weighted by Crippen LogP contribution is 2.69. The summed E-state index contributed by atoms with van der Waals surface area (Å²) < 4.78 is 74.8. The minimum atomic E-state index is -4.34. The summed E-state index contributed by atoms with van der Waals surface area (Å²) in [5.41, 5.74) is -4.35. The molecule has 0 amide bonds. The normalized spacial score (nSPS) is 25.6. The lowest BCUT2D eigenvalue weighted by atomic mass is 9.40. The van der Waals surface area contributed by atoms with E-state index >= 15 is 0 Å². The highest BCUT2D eigenvalue weighted by Gasteiger charge is 2.64. The van der Waals surface area contributed by atoms with Gasteiger partial charge in [-0.1, -0.05) is 29.8 Å². The van der Waals surface area contributed by atoms with Crippen LogP contribution in [-0.4, -0.2) is 64.8 Å². The zero-order chi connectivity index (χ0) is 42.6. The van der Waals surface area contributed by atoms with E-state index in [2.05, 4.69) is 0 Å². The van der Waals surface area contributed by atoms with Crippen LogP contribution in [0.2, 0.25) is 0 Å². The van der Waals surface area contributed by atoms with Crippen LogP contribution in [0, 0.1) is 40.4 Å². The van der Waals surface area contributed by atoms with Gasteiger partial charge in [-0.05, 0) is 161 Å². The van der Waals surface area contributed by atoms with Crippen LogP contribution in [0.15, 0.2) is 58.3 Å². The van der Waals surface area contributed by atoms with Gasteiger partial charge in [-0.15, -0.1) is 0 Å². The van der Waals surface area contributed by atoms with Gasteiger partial charge in [-0.25, -0.2) is 0 Å². The number of aryl methyl sites for hydroxylation is 1. The molecular formula is C43H58O12S2. The first kappa shape index (κ1) is 44.6. The second-order valence-corrected chi connectivity index (χ2v) is 22.2. The van der Waals surface area contributed by atoms with E-state index in [4.69, 9.17) is 17.8 Å². The molecule has 0 spiro atoms. The van der Waals surface area contributed by atoms with Crippen LogP contribution in [0.5, 0.6) is 0 Å². The predicted octanol–water partition coefficient (Wildman–Crippen LogP) is 7.09. The lowest BCUT2D eigenvalue weighted by Crippen LogP contribution is -2.62. The number of Topliss-reactive ketones (excluding diaryl/α,β-unsaturated/α-hetero) is 2. The molecular weight excluding hydrogens is 773 g/mol. The Morgan fingerprint density at radius 2 is 1.07 bits per heavy atom. The summed E-state index contributed by atoms with van der Waals surface area (Å²) in [7, 11) is -8.59. The average Bonchev–Trinajstić information content (AvgIpc) is 3.08. The van der Waals surface area contributed by atoms with Crippen molar-refractivity contribution >= 4 is 43.7 Å². The molecule has 4 aliphatic rings. The molecule has 0 aliphatic heterocycles. The second-order valence-electron chi connectivity index (χ2n) is 19.0. The summed E-state index contributed by atoms with van der Waals surface area (Å²) in [6, 6.07) is 12.5. The third-order valence-corrected chi connectivity index (χ3v) is 15.3. The highest BCUT2D eigenvalue weighted by atomic mass is 32.2. The molecule has 2 aromatic carbocycles. The van der Waals surface area contributed by atoms with Crippen molar-refractivity contribution in [3.05, 3.63) is 59.7 Å². The van der Waals surface area contributed by atoms with E-state index in [1.807, 2.05) is 20.8 Å². The summed E-state index contributed by atoms with van der Waals surface area (Å²) >= 11 is 0. The van der Waals surface area contributed by atoms with Gasteiger partial charge in [0, 0.05) is 5.41 Å². The van der Waals surface area contributed by atoms with Gasteiger partial charge >= 0.3 is 11.9 Å². The SMILES string of the molecule is CC(=O)C(C)(COS(=O)(=O)c1ccc(CC23CC4CC(C2)CC(C(C)(C)OC(=O)C(C)(COS(=O)(=O)c2ccc(C)cc2)C(C)=O)(C4)C3)cc1)C(=O)OC(C)(C)C. The molecule has 0 N–H and O–H groups in total. The maximum Gasteiger partial charge on any atom is 0.322 e. The summed E-state index contributed by atoms with van der Waals surface area (Å²) in [5, 5.41) is 0. The molecule has 12 nitrogen and oxygen atoms in total. The molecule has 0 aromatic heterocycles. The Bertz CT molecular complexity index is 2100. The predicted molar refractivity (Wildman–Crippen MR) is 211 cm³/mol. The maximum absolute atomic E-state index is 14.0. The number of hydrogen-bond acceptors (Lipinski definition) is 12. The molecule has 314 valence electrons. The number of ether oxygens (including phenoxy) is 2. The summed E-state index contributed by atoms with van der Waals surface area (Å²) in [5.74, 6) is -2.08. The molecule has 4 bridgehead atoms. The number of hydrogen-bond donors (Lipinski definition) is 0.